The summed E-state index contributed by atoms with van der Waals surface area (Å²) >= 11 is 1.29. The van der Waals surface area contributed by atoms with Crippen molar-refractivity contribution >= 4 is 17.7 Å². The van der Waals surface area contributed by atoms with Crippen molar-refractivity contribution in [3.05, 3.63) is 0 Å². The maximum absolute atomic E-state index is 11.2. The van der Waals surface area contributed by atoms with Crippen LogP contribution in [0.4, 0.5) is 0 Å². The summed E-state index contributed by atoms with van der Waals surface area (Å²) in [5, 5.41) is 11.6. The first-order valence-electron chi connectivity index (χ1n) is 4.58. The third-order valence-corrected chi connectivity index (χ3v) is 2.79. The van der Waals surface area contributed by atoms with Crippen LogP contribution in [0.15, 0.2) is 5.16 Å². The van der Waals surface area contributed by atoms with Crippen molar-refractivity contribution < 1.29 is 9.53 Å². The second-order valence-corrected chi connectivity index (χ2v) is 4.59. The van der Waals surface area contributed by atoms with Gasteiger partial charge in [0.05, 0.1) is 13.2 Å². The zero-order chi connectivity index (χ0) is 11.4. The highest BCUT2D eigenvalue weighted by Crippen LogP contribution is 2.22. The number of hydrogen-bond donors (Lipinski definition) is 0. The van der Waals surface area contributed by atoms with Crippen LogP contribution in [0.2, 0.25) is 0 Å². The average molecular weight is 230 g/mol. The molecule has 0 saturated heterocycles. The van der Waals surface area contributed by atoms with E-state index in [2.05, 4.69) is 20.3 Å². The molecule has 1 heterocycles. The molecule has 7 heteroatoms. The molecule has 0 N–H and O–H groups in total. The summed E-state index contributed by atoms with van der Waals surface area (Å²) in [5.74, 6) is -0.279. The Labute approximate surface area is 92.4 Å². The smallest absolute Gasteiger partial charge is 0.318 e. The van der Waals surface area contributed by atoms with Gasteiger partial charge in [0.25, 0.3) is 0 Å². The fourth-order valence-electron chi connectivity index (χ4n) is 0.959. The largest absolute Gasteiger partial charge is 0.468 e. The van der Waals surface area contributed by atoms with Gasteiger partial charge in [-0.1, -0.05) is 11.8 Å². The molecule has 0 aromatic carbocycles. The maximum atomic E-state index is 11.2. The van der Waals surface area contributed by atoms with Crippen LogP contribution in [0.3, 0.4) is 0 Å². The van der Waals surface area contributed by atoms with Crippen molar-refractivity contribution in [2.45, 2.75) is 37.2 Å². The molecule has 0 radical (unpaired) electrons. The van der Waals surface area contributed by atoms with Crippen LogP contribution in [0.1, 0.15) is 26.8 Å². The fourth-order valence-corrected chi connectivity index (χ4v) is 1.91. The molecule has 1 unspecified atom stereocenters. The molecule has 1 atom stereocenters. The number of ether oxygens (including phenoxy) is 1. The second kappa shape index (κ2) is 5.11. The van der Waals surface area contributed by atoms with Crippen LogP contribution in [-0.2, 0) is 9.53 Å². The minimum atomic E-state index is -0.307. The molecule has 1 rings (SSSR count). The Hall–Kier alpha value is -1.11. The molecule has 0 spiro atoms. The predicted molar refractivity (Wildman–Crippen MR) is 55.5 cm³/mol. The van der Waals surface area contributed by atoms with E-state index in [1.54, 1.807) is 11.6 Å². The molecular formula is C8H14N4O2S. The van der Waals surface area contributed by atoms with Gasteiger partial charge in [-0.15, -0.1) is 5.10 Å². The number of carbonyl (C=O) groups excluding carboxylic acids is 1. The lowest BCUT2D eigenvalue weighted by Crippen LogP contribution is -2.16. The Kier molecular flexibility index (Phi) is 4.07. The standard InChI is InChI=1S/C8H14N4O2S/c1-5(2)12-8(9-10-11-12)15-6(3)7(13)14-4/h5-6H,1-4H3. The summed E-state index contributed by atoms with van der Waals surface area (Å²) in [7, 11) is 1.37. The third-order valence-electron chi connectivity index (χ3n) is 1.77. The first-order valence-corrected chi connectivity index (χ1v) is 5.46. The number of thioether (sulfide) groups is 1. The average Bonchev–Trinajstić information content (AvgIpc) is 2.64. The minimum Gasteiger partial charge on any atom is -0.468 e. The van der Waals surface area contributed by atoms with Gasteiger partial charge in [-0.25, -0.2) is 4.68 Å². The van der Waals surface area contributed by atoms with Crippen molar-refractivity contribution in [1.82, 2.24) is 20.2 Å². The number of rotatable bonds is 4. The van der Waals surface area contributed by atoms with Gasteiger partial charge >= 0.3 is 5.97 Å². The Bertz CT molecular complexity index is 339. The second-order valence-electron chi connectivity index (χ2n) is 3.28. The number of aromatic nitrogens is 4. The molecule has 0 amide bonds. The number of tetrazole rings is 1. The quantitative estimate of drug-likeness (QED) is 0.565. The van der Waals surface area contributed by atoms with E-state index in [0.717, 1.165) is 0 Å². The van der Waals surface area contributed by atoms with E-state index in [4.69, 9.17) is 0 Å². The molecule has 1 aromatic heterocycles. The summed E-state index contributed by atoms with van der Waals surface area (Å²) in [4.78, 5) is 11.2. The van der Waals surface area contributed by atoms with Gasteiger partial charge in [0.1, 0.15) is 5.25 Å². The van der Waals surface area contributed by atoms with E-state index in [1.807, 2.05) is 13.8 Å². The lowest BCUT2D eigenvalue weighted by Gasteiger charge is -2.10. The summed E-state index contributed by atoms with van der Waals surface area (Å²) in [5.41, 5.74) is 0. The summed E-state index contributed by atoms with van der Waals surface area (Å²) in [6, 6.07) is 0.173. The topological polar surface area (TPSA) is 69.9 Å². The third kappa shape index (κ3) is 2.92. The molecule has 15 heavy (non-hydrogen) atoms. The van der Waals surface area contributed by atoms with E-state index in [9.17, 15) is 4.79 Å². The lowest BCUT2D eigenvalue weighted by molar-refractivity contribution is -0.139. The van der Waals surface area contributed by atoms with Crippen LogP contribution in [0.25, 0.3) is 0 Å². The Balaban J connectivity index is 2.72. The molecule has 84 valence electrons. The fraction of sp³-hybridized carbons (Fsp3) is 0.750. The molecule has 0 aliphatic carbocycles. The van der Waals surface area contributed by atoms with E-state index in [1.165, 1.54) is 18.9 Å². The van der Waals surface area contributed by atoms with E-state index in [-0.39, 0.29) is 17.3 Å². The first kappa shape index (κ1) is 12.0. The van der Waals surface area contributed by atoms with Gasteiger partial charge in [-0.2, -0.15) is 0 Å². The maximum Gasteiger partial charge on any atom is 0.318 e. The molecule has 6 nitrogen and oxygen atoms in total. The Morgan fingerprint density at radius 3 is 2.67 bits per heavy atom. The van der Waals surface area contributed by atoms with Crippen LogP contribution >= 0.6 is 11.8 Å². The van der Waals surface area contributed by atoms with Crippen molar-refractivity contribution in [2.75, 3.05) is 7.11 Å². The normalized spacial score (nSPS) is 12.9. The number of hydrogen-bond acceptors (Lipinski definition) is 6. The van der Waals surface area contributed by atoms with Crippen molar-refractivity contribution in [2.24, 2.45) is 0 Å². The first-order chi connectivity index (χ1) is 7.06. The van der Waals surface area contributed by atoms with Gasteiger partial charge in [0.15, 0.2) is 0 Å². The number of nitrogens with zero attached hydrogens (tertiary/aromatic N) is 4. The van der Waals surface area contributed by atoms with Crippen LogP contribution in [0, 0.1) is 0 Å². The highest BCUT2D eigenvalue weighted by Gasteiger charge is 2.19. The van der Waals surface area contributed by atoms with Gasteiger partial charge in [-0.3, -0.25) is 4.79 Å². The van der Waals surface area contributed by atoms with Crippen LogP contribution in [-0.4, -0.2) is 38.5 Å². The SMILES string of the molecule is COC(=O)C(C)Sc1nnnn1C(C)C. The van der Waals surface area contributed by atoms with E-state index >= 15 is 0 Å². The highest BCUT2D eigenvalue weighted by molar-refractivity contribution is 8.00. The number of carbonyl (C=O) groups is 1. The molecule has 1 aromatic rings. The van der Waals surface area contributed by atoms with Crippen LogP contribution in [0.5, 0.6) is 0 Å². The van der Waals surface area contributed by atoms with Crippen LogP contribution < -0.4 is 0 Å². The zero-order valence-electron chi connectivity index (χ0n) is 9.17. The van der Waals surface area contributed by atoms with Gasteiger partial charge in [0, 0.05) is 0 Å². The summed E-state index contributed by atoms with van der Waals surface area (Å²) in [6.45, 7) is 5.71. The highest BCUT2D eigenvalue weighted by atomic mass is 32.2. The molecule has 0 aliphatic heterocycles. The van der Waals surface area contributed by atoms with Gasteiger partial charge in [-0.05, 0) is 31.2 Å². The Morgan fingerprint density at radius 2 is 2.13 bits per heavy atom. The minimum absolute atomic E-state index is 0.173. The lowest BCUT2D eigenvalue weighted by atomic mass is 10.4. The molecule has 0 saturated carbocycles. The molecule has 0 fully saturated rings. The zero-order valence-corrected chi connectivity index (χ0v) is 9.98. The van der Waals surface area contributed by atoms with E-state index < -0.39 is 0 Å². The van der Waals surface area contributed by atoms with Crippen molar-refractivity contribution in [1.29, 1.82) is 0 Å². The predicted octanol–water partition coefficient (Wildman–Crippen LogP) is 0.908. The van der Waals surface area contributed by atoms with E-state index in [0.29, 0.717) is 5.16 Å². The Morgan fingerprint density at radius 1 is 1.47 bits per heavy atom. The molecule has 0 aliphatic rings. The monoisotopic (exact) mass is 230 g/mol. The number of esters is 1. The van der Waals surface area contributed by atoms with Crippen molar-refractivity contribution in [3.8, 4) is 0 Å². The molecule has 0 bridgehead atoms. The number of methoxy groups -OCH3 is 1. The van der Waals surface area contributed by atoms with Gasteiger partial charge < -0.3 is 4.74 Å². The molecular weight excluding hydrogens is 216 g/mol. The summed E-state index contributed by atoms with van der Waals surface area (Å²) < 4.78 is 6.29. The van der Waals surface area contributed by atoms with Crippen molar-refractivity contribution in [3.63, 3.8) is 0 Å². The summed E-state index contributed by atoms with van der Waals surface area (Å²) in [6.07, 6.45) is 0. The van der Waals surface area contributed by atoms with Gasteiger partial charge in [0.2, 0.25) is 5.16 Å².